The van der Waals surface area contributed by atoms with E-state index in [0.29, 0.717) is 10.7 Å². The molecule has 0 bridgehead atoms. The third-order valence-electron chi connectivity index (χ3n) is 4.35. The molecule has 6 heteroatoms. The fourth-order valence-corrected chi connectivity index (χ4v) is 4.00. The van der Waals surface area contributed by atoms with Gasteiger partial charge in [0, 0.05) is 11.6 Å². The molecule has 1 atom stereocenters. The lowest BCUT2D eigenvalue weighted by Crippen LogP contribution is -2.30. The average molecular weight is 358 g/mol. The van der Waals surface area contributed by atoms with Gasteiger partial charge in [0.15, 0.2) is 5.69 Å². The first-order chi connectivity index (χ1) is 11.7. The number of H-pyrrole nitrogens is 1. The summed E-state index contributed by atoms with van der Waals surface area (Å²) >= 11 is 7.59. The first-order valence-electron chi connectivity index (χ1n) is 7.88. The normalized spacial score (nSPS) is 17.4. The number of carbonyl (C=O) groups excluding carboxylic acids is 1. The summed E-state index contributed by atoms with van der Waals surface area (Å²) in [6.45, 7) is 0.757. The zero-order valence-electron chi connectivity index (χ0n) is 12.9. The van der Waals surface area contributed by atoms with E-state index in [1.54, 1.807) is 11.3 Å². The van der Waals surface area contributed by atoms with E-state index in [9.17, 15) is 4.79 Å². The van der Waals surface area contributed by atoms with Crippen LogP contribution in [0.5, 0.6) is 0 Å². The summed E-state index contributed by atoms with van der Waals surface area (Å²) in [6, 6.07) is 13.7. The lowest BCUT2D eigenvalue weighted by Gasteiger charge is -2.24. The van der Waals surface area contributed by atoms with Crippen molar-refractivity contribution in [2.75, 3.05) is 6.54 Å². The molecule has 0 saturated carbocycles. The van der Waals surface area contributed by atoms with Crippen LogP contribution in [0, 0.1) is 0 Å². The van der Waals surface area contributed by atoms with Crippen molar-refractivity contribution < 1.29 is 4.79 Å². The Bertz CT molecular complexity index is 842. The zero-order chi connectivity index (χ0) is 16.5. The molecule has 4 nitrogen and oxygen atoms in total. The molecular formula is C18H16ClN3OS. The molecule has 0 spiro atoms. The molecule has 4 rings (SSSR count). The lowest BCUT2D eigenvalue weighted by atomic mass is 10.0. The largest absolute Gasteiger partial charge is 0.330 e. The van der Waals surface area contributed by atoms with Gasteiger partial charge in [-0.1, -0.05) is 29.8 Å². The van der Waals surface area contributed by atoms with Crippen LogP contribution in [0.3, 0.4) is 0 Å². The van der Waals surface area contributed by atoms with Crippen LogP contribution >= 0.6 is 22.9 Å². The summed E-state index contributed by atoms with van der Waals surface area (Å²) in [7, 11) is 0. The Hall–Kier alpha value is -2.11. The summed E-state index contributed by atoms with van der Waals surface area (Å²) in [5.41, 5.74) is 2.48. The Morgan fingerprint density at radius 2 is 2.12 bits per heavy atom. The fraction of sp³-hybridized carbons (Fsp3) is 0.222. The van der Waals surface area contributed by atoms with Crippen molar-refractivity contribution in [2.45, 2.75) is 18.9 Å². The standard InChI is InChI=1S/C18H16ClN3OS/c19-13-7-5-12(6-8-13)16-3-1-9-22(16)18(23)15-11-14(20-21-15)17-4-2-10-24-17/h2,4-8,10-11,16H,1,3,9H2,(H,20,21). The van der Waals surface area contributed by atoms with E-state index in [-0.39, 0.29) is 11.9 Å². The van der Waals surface area contributed by atoms with Crippen molar-refractivity contribution in [3.8, 4) is 10.6 Å². The molecule has 1 aliphatic rings. The number of nitrogens with one attached hydrogen (secondary N) is 1. The minimum Gasteiger partial charge on any atom is -0.330 e. The van der Waals surface area contributed by atoms with Crippen molar-refractivity contribution in [3.63, 3.8) is 0 Å². The van der Waals surface area contributed by atoms with Crippen molar-refractivity contribution in [3.05, 3.63) is 64.1 Å². The third-order valence-corrected chi connectivity index (χ3v) is 5.51. The summed E-state index contributed by atoms with van der Waals surface area (Å²) < 4.78 is 0. The zero-order valence-corrected chi connectivity index (χ0v) is 14.5. The Labute approximate surface area is 149 Å². The van der Waals surface area contributed by atoms with Crippen LogP contribution in [0.2, 0.25) is 5.02 Å². The predicted octanol–water partition coefficient (Wildman–Crippen LogP) is 4.77. The number of thiophene rings is 1. The van der Waals surface area contributed by atoms with Crippen molar-refractivity contribution in [1.29, 1.82) is 0 Å². The summed E-state index contributed by atoms with van der Waals surface area (Å²) in [5.74, 6) is -0.0218. The minimum absolute atomic E-state index is 0.0218. The number of hydrogen-bond donors (Lipinski definition) is 1. The number of aromatic nitrogens is 2. The molecule has 1 N–H and O–H groups in total. The number of hydrogen-bond acceptors (Lipinski definition) is 3. The van der Waals surface area contributed by atoms with Gasteiger partial charge in [-0.15, -0.1) is 11.3 Å². The van der Waals surface area contributed by atoms with Crippen molar-refractivity contribution in [2.24, 2.45) is 0 Å². The molecule has 2 aromatic heterocycles. The van der Waals surface area contributed by atoms with E-state index >= 15 is 0 Å². The summed E-state index contributed by atoms with van der Waals surface area (Å²) in [4.78, 5) is 15.9. The molecule has 0 aliphatic carbocycles. The first kappa shape index (κ1) is 15.4. The molecule has 1 fully saturated rings. The highest BCUT2D eigenvalue weighted by atomic mass is 35.5. The van der Waals surface area contributed by atoms with E-state index in [0.717, 1.165) is 35.5 Å². The Kier molecular flexibility index (Phi) is 4.12. The van der Waals surface area contributed by atoms with E-state index in [2.05, 4.69) is 10.2 Å². The highest BCUT2D eigenvalue weighted by Gasteiger charge is 2.31. The van der Waals surface area contributed by atoms with Crippen LogP contribution < -0.4 is 0 Å². The number of likely N-dealkylation sites (tertiary alicyclic amines) is 1. The van der Waals surface area contributed by atoms with Crippen molar-refractivity contribution in [1.82, 2.24) is 15.1 Å². The Morgan fingerprint density at radius 3 is 2.88 bits per heavy atom. The smallest absolute Gasteiger partial charge is 0.274 e. The Balaban J connectivity index is 1.58. The summed E-state index contributed by atoms with van der Waals surface area (Å²) in [6.07, 6.45) is 1.97. The van der Waals surface area contributed by atoms with Gasteiger partial charge in [-0.2, -0.15) is 5.10 Å². The van der Waals surface area contributed by atoms with Gasteiger partial charge in [0.2, 0.25) is 0 Å². The van der Waals surface area contributed by atoms with Gasteiger partial charge in [0.1, 0.15) is 0 Å². The Morgan fingerprint density at radius 1 is 1.29 bits per heavy atom. The molecule has 3 heterocycles. The van der Waals surface area contributed by atoms with E-state index in [1.807, 2.05) is 52.7 Å². The molecular weight excluding hydrogens is 342 g/mol. The second-order valence-electron chi connectivity index (χ2n) is 5.85. The molecule has 1 saturated heterocycles. The maximum atomic E-state index is 12.9. The fourth-order valence-electron chi connectivity index (χ4n) is 3.18. The molecule has 1 unspecified atom stereocenters. The predicted molar refractivity (Wildman–Crippen MR) is 96.4 cm³/mol. The van der Waals surface area contributed by atoms with Crippen molar-refractivity contribution >= 4 is 28.8 Å². The van der Waals surface area contributed by atoms with Crippen LogP contribution in [0.25, 0.3) is 10.6 Å². The number of rotatable bonds is 3. The number of aromatic amines is 1. The molecule has 1 aliphatic heterocycles. The van der Waals surface area contributed by atoms with E-state index < -0.39 is 0 Å². The van der Waals surface area contributed by atoms with Crippen LogP contribution in [-0.4, -0.2) is 27.5 Å². The maximum absolute atomic E-state index is 12.9. The molecule has 3 aromatic rings. The number of halogens is 1. The SMILES string of the molecule is O=C(c1cc(-c2cccs2)[nH]n1)N1CCCC1c1ccc(Cl)cc1. The number of carbonyl (C=O) groups is 1. The van der Waals surface area contributed by atoms with Gasteiger partial charge in [-0.25, -0.2) is 0 Å². The second-order valence-corrected chi connectivity index (χ2v) is 7.24. The van der Waals surface area contributed by atoms with E-state index in [1.165, 1.54) is 0 Å². The number of nitrogens with zero attached hydrogens (tertiary/aromatic N) is 2. The molecule has 0 radical (unpaired) electrons. The number of benzene rings is 1. The highest BCUT2D eigenvalue weighted by molar-refractivity contribution is 7.13. The van der Waals surface area contributed by atoms with Gasteiger partial charge in [-0.05, 0) is 48.1 Å². The van der Waals surface area contributed by atoms with Crippen LogP contribution in [-0.2, 0) is 0 Å². The topological polar surface area (TPSA) is 49.0 Å². The molecule has 1 aromatic carbocycles. The molecule has 24 heavy (non-hydrogen) atoms. The number of amides is 1. The van der Waals surface area contributed by atoms with Gasteiger partial charge in [0.05, 0.1) is 16.6 Å². The van der Waals surface area contributed by atoms with Gasteiger partial charge < -0.3 is 4.90 Å². The molecule has 122 valence electrons. The summed E-state index contributed by atoms with van der Waals surface area (Å²) in [5, 5.41) is 9.92. The van der Waals surface area contributed by atoms with Crippen LogP contribution in [0.15, 0.2) is 47.8 Å². The van der Waals surface area contributed by atoms with Crippen LogP contribution in [0.4, 0.5) is 0 Å². The average Bonchev–Trinajstić information content (AvgIpc) is 3.34. The van der Waals surface area contributed by atoms with Gasteiger partial charge in [-0.3, -0.25) is 9.89 Å². The minimum atomic E-state index is -0.0218. The van der Waals surface area contributed by atoms with Gasteiger partial charge in [0.25, 0.3) is 5.91 Å². The quantitative estimate of drug-likeness (QED) is 0.734. The van der Waals surface area contributed by atoms with Crippen LogP contribution in [0.1, 0.15) is 34.9 Å². The third kappa shape index (κ3) is 2.85. The highest BCUT2D eigenvalue weighted by Crippen LogP contribution is 2.34. The first-order valence-corrected chi connectivity index (χ1v) is 9.14. The van der Waals surface area contributed by atoms with E-state index in [4.69, 9.17) is 11.6 Å². The van der Waals surface area contributed by atoms with Gasteiger partial charge >= 0.3 is 0 Å². The second kappa shape index (κ2) is 6.42. The maximum Gasteiger partial charge on any atom is 0.274 e. The molecule has 1 amide bonds. The lowest BCUT2D eigenvalue weighted by molar-refractivity contribution is 0.0729. The monoisotopic (exact) mass is 357 g/mol.